The first-order valence-corrected chi connectivity index (χ1v) is 15.2. The third kappa shape index (κ3) is 7.09. The molecule has 2 fully saturated rings. The Labute approximate surface area is 268 Å². The van der Waals surface area contributed by atoms with Crippen LogP contribution in [0.2, 0.25) is 5.02 Å². The van der Waals surface area contributed by atoms with Crippen LogP contribution in [0.3, 0.4) is 0 Å². The highest BCUT2D eigenvalue weighted by molar-refractivity contribution is 6.34. The number of likely N-dealkylation sites (N-methyl/N-ethyl adjacent to an activating group) is 1. The van der Waals surface area contributed by atoms with Crippen molar-refractivity contribution in [1.29, 1.82) is 0 Å². The van der Waals surface area contributed by atoms with Crippen LogP contribution in [0, 0.1) is 0 Å². The van der Waals surface area contributed by atoms with Gasteiger partial charge in [-0.3, -0.25) is 9.69 Å². The van der Waals surface area contributed by atoms with Gasteiger partial charge in [0.2, 0.25) is 5.91 Å². The van der Waals surface area contributed by atoms with E-state index in [-0.39, 0.29) is 18.0 Å². The number of nitrogens with zero attached hydrogens (tertiary/aromatic N) is 5. The van der Waals surface area contributed by atoms with Gasteiger partial charge in [0, 0.05) is 64.4 Å². The van der Waals surface area contributed by atoms with Crippen molar-refractivity contribution < 1.29 is 23.9 Å². The number of rotatable bonds is 6. The number of methoxy groups -OCH3 is 1. The van der Waals surface area contributed by atoms with Crippen LogP contribution in [-0.4, -0.2) is 91.8 Å². The summed E-state index contributed by atoms with van der Waals surface area (Å²) in [5.74, 6) is 1.46. The number of aromatic nitrogens is 1. The topological polar surface area (TPSA) is 108 Å². The summed E-state index contributed by atoms with van der Waals surface area (Å²) in [6.45, 7) is 10.3. The molecule has 5 rings (SSSR count). The Morgan fingerprint density at radius 3 is 2.20 bits per heavy atom. The number of hydrogen-bond donors (Lipinski definition) is 1. The second-order valence-corrected chi connectivity index (χ2v) is 12.6. The lowest BCUT2D eigenvalue weighted by Gasteiger charge is -2.36. The minimum atomic E-state index is -0.567. The molecule has 2 aliphatic heterocycles. The molecule has 0 unspecified atom stereocenters. The van der Waals surface area contributed by atoms with Gasteiger partial charge in [0.25, 0.3) is 0 Å². The number of nitrogens with one attached hydrogen (secondary N) is 1. The summed E-state index contributed by atoms with van der Waals surface area (Å²) in [6, 6.07) is 15.2. The minimum absolute atomic E-state index is 0.0843. The second kappa shape index (κ2) is 12.8. The van der Waals surface area contributed by atoms with Crippen LogP contribution in [0.25, 0.3) is 22.3 Å². The van der Waals surface area contributed by atoms with E-state index in [9.17, 15) is 14.4 Å². The molecule has 2 saturated heterocycles. The maximum Gasteiger partial charge on any atom is 0.410 e. The van der Waals surface area contributed by atoms with Gasteiger partial charge in [0.05, 0.1) is 17.8 Å². The molecule has 11 nitrogen and oxygen atoms in total. The van der Waals surface area contributed by atoms with Gasteiger partial charge in [-0.05, 0) is 56.2 Å². The molecular weight excluding hydrogens is 596 g/mol. The fourth-order valence-electron chi connectivity index (χ4n) is 5.50. The smallest absolute Gasteiger partial charge is 0.410 e. The molecular formula is C33H39ClN6O5. The molecule has 45 heavy (non-hydrogen) atoms. The van der Waals surface area contributed by atoms with Gasteiger partial charge in [0.15, 0.2) is 0 Å². The van der Waals surface area contributed by atoms with E-state index in [1.165, 1.54) is 6.92 Å². The molecule has 2 aromatic carbocycles. The number of amides is 4. The third-order valence-electron chi connectivity index (χ3n) is 7.67. The van der Waals surface area contributed by atoms with Crippen molar-refractivity contribution >= 4 is 47.0 Å². The number of pyridine rings is 1. The number of halogens is 1. The quantitative estimate of drug-likeness (QED) is 0.356. The summed E-state index contributed by atoms with van der Waals surface area (Å²) in [4.78, 5) is 49.1. The number of para-hydroxylation sites is 1. The Morgan fingerprint density at radius 2 is 1.62 bits per heavy atom. The zero-order chi connectivity index (χ0) is 32.5. The van der Waals surface area contributed by atoms with Crippen LogP contribution in [0.15, 0.2) is 48.5 Å². The first-order chi connectivity index (χ1) is 21.3. The fraction of sp³-hybridized carbons (Fsp3) is 0.394. The van der Waals surface area contributed by atoms with E-state index in [1.807, 2.05) is 69.3 Å². The molecule has 0 radical (unpaired) electrons. The van der Waals surface area contributed by atoms with E-state index in [1.54, 1.807) is 28.9 Å². The molecule has 4 amide bonds. The van der Waals surface area contributed by atoms with E-state index in [4.69, 9.17) is 26.1 Å². The molecule has 1 N–H and O–H groups in total. The molecule has 0 atom stereocenters. The molecule has 0 aliphatic carbocycles. The Hall–Kier alpha value is -4.51. The highest BCUT2D eigenvalue weighted by Gasteiger charge is 2.29. The Kier molecular flexibility index (Phi) is 9.11. The van der Waals surface area contributed by atoms with Crippen LogP contribution < -0.4 is 19.9 Å². The average molecular weight is 635 g/mol. The standard InChI is InChI=1S/C33H39ClN6O5/c1-21(41)35-28-19-23(20-29(36-28)38-13-15-39(16-14-38)32(43)45-33(2,3)4)25-9-7-8-24(30(25)44-6)22-10-11-27(26(34)18-22)40-17-12-37(5)31(40)42/h7-11,18-20H,12-17H2,1-6H3,(H,35,36,41). The van der Waals surface area contributed by atoms with Crippen LogP contribution in [0.1, 0.15) is 27.7 Å². The molecule has 2 aliphatic rings. The largest absolute Gasteiger partial charge is 0.495 e. The molecule has 3 heterocycles. The first-order valence-electron chi connectivity index (χ1n) is 14.9. The maximum atomic E-state index is 12.6. The van der Waals surface area contributed by atoms with Crippen LogP contribution >= 0.6 is 11.6 Å². The number of piperazine rings is 1. The van der Waals surface area contributed by atoms with Crippen molar-refractivity contribution in [1.82, 2.24) is 14.8 Å². The highest BCUT2D eigenvalue weighted by atomic mass is 35.5. The third-order valence-corrected chi connectivity index (χ3v) is 7.97. The summed E-state index contributed by atoms with van der Waals surface area (Å²) in [6.07, 6.45) is -0.336. The summed E-state index contributed by atoms with van der Waals surface area (Å²) in [7, 11) is 3.39. The van der Waals surface area contributed by atoms with Crippen LogP contribution in [0.5, 0.6) is 5.75 Å². The number of carbonyl (C=O) groups excluding carboxylic acids is 3. The van der Waals surface area contributed by atoms with E-state index < -0.39 is 5.60 Å². The normalized spacial score (nSPS) is 15.4. The molecule has 3 aromatic rings. The van der Waals surface area contributed by atoms with Crippen molar-refractivity contribution in [2.45, 2.75) is 33.3 Å². The van der Waals surface area contributed by atoms with Gasteiger partial charge in [-0.2, -0.15) is 0 Å². The zero-order valence-electron chi connectivity index (χ0n) is 26.5. The van der Waals surface area contributed by atoms with Crippen molar-refractivity contribution in [3.63, 3.8) is 0 Å². The Morgan fingerprint density at radius 1 is 0.933 bits per heavy atom. The first kappa shape index (κ1) is 31.9. The summed E-state index contributed by atoms with van der Waals surface area (Å²) >= 11 is 6.72. The molecule has 238 valence electrons. The van der Waals surface area contributed by atoms with E-state index in [0.29, 0.717) is 67.4 Å². The number of urea groups is 1. The molecule has 1 aromatic heterocycles. The fourth-order valence-corrected chi connectivity index (χ4v) is 5.78. The van der Waals surface area contributed by atoms with E-state index in [2.05, 4.69) is 10.2 Å². The molecule has 0 saturated carbocycles. The average Bonchev–Trinajstić information content (AvgIpc) is 3.32. The number of ether oxygens (including phenoxy) is 2. The molecule has 0 spiro atoms. The minimum Gasteiger partial charge on any atom is -0.495 e. The second-order valence-electron chi connectivity index (χ2n) is 12.1. The van der Waals surface area contributed by atoms with Gasteiger partial charge in [-0.25, -0.2) is 14.6 Å². The van der Waals surface area contributed by atoms with Gasteiger partial charge in [-0.15, -0.1) is 0 Å². The van der Waals surface area contributed by atoms with Crippen molar-refractivity contribution in [2.75, 3.05) is 68.5 Å². The van der Waals surface area contributed by atoms with Gasteiger partial charge in [-0.1, -0.05) is 35.9 Å². The molecule has 0 bridgehead atoms. The van der Waals surface area contributed by atoms with Crippen molar-refractivity contribution in [2.24, 2.45) is 0 Å². The lowest BCUT2D eigenvalue weighted by molar-refractivity contribution is -0.114. The van der Waals surface area contributed by atoms with Gasteiger partial charge >= 0.3 is 12.1 Å². The Balaban J connectivity index is 1.46. The summed E-state index contributed by atoms with van der Waals surface area (Å²) in [5.41, 5.74) is 3.34. The summed E-state index contributed by atoms with van der Waals surface area (Å²) in [5, 5.41) is 3.29. The van der Waals surface area contributed by atoms with Gasteiger partial charge < -0.3 is 29.5 Å². The Bertz CT molecular complexity index is 1620. The lowest BCUT2D eigenvalue weighted by Crippen LogP contribution is -2.50. The highest BCUT2D eigenvalue weighted by Crippen LogP contribution is 2.42. The van der Waals surface area contributed by atoms with Crippen LogP contribution in [0.4, 0.5) is 26.9 Å². The lowest BCUT2D eigenvalue weighted by atomic mass is 9.97. The number of anilines is 3. The maximum absolute atomic E-state index is 12.6. The summed E-state index contributed by atoms with van der Waals surface area (Å²) < 4.78 is 11.5. The number of hydrogen-bond acceptors (Lipinski definition) is 7. The van der Waals surface area contributed by atoms with Crippen molar-refractivity contribution in [3.8, 4) is 28.0 Å². The van der Waals surface area contributed by atoms with Crippen LogP contribution in [-0.2, 0) is 9.53 Å². The predicted molar refractivity (Wildman–Crippen MR) is 176 cm³/mol. The SMILES string of the molecule is COc1c(-c2cc(NC(C)=O)nc(N3CCN(C(=O)OC(C)(C)C)CC3)c2)cccc1-c1ccc(N2CCN(C)C2=O)c(Cl)c1. The zero-order valence-corrected chi connectivity index (χ0v) is 27.3. The van der Waals surface area contributed by atoms with Gasteiger partial charge in [0.1, 0.15) is 23.0 Å². The monoisotopic (exact) mass is 634 g/mol. The number of benzene rings is 2. The molecule has 12 heteroatoms. The van der Waals surface area contributed by atoms with Crippen molar-refractivity contribution in [3.05, 3.63) is 53.6 Å². The van der Waals surface area contributed by atoms with E-state index >= 15 is 0 Å². The number of carbonyl (C=O) groups is 3. The predicted octanol–water partition coefficient (Wildman–Crippen LogP) is 5.96. The van der Waals surface area contributed by atoms with E-state index in [0.717, 1.165) is 22.3 Å².